The van der Waals surface area contributed by atoms with Gasteiger partial charge in [-0.25, -0.2) is 0 Å². The smallest absolute Gasteiger partial charge is 0.252 e. The van der Waals surface area contributed by atoms with Crippen LogP contribution in [0.2, 0.25) is 0 Å². The SMILES string of the molecule is CC(C)(C)c1ccc2c(c1)c1cc(C(C)(C)C)cc3c1n2-c1cc(-n2c4ccc5cccc6c5c4c4c5c(ccc7cccc-6c75)ccc42)cc2c1B3c1cc(C34CC5CC(CC(C5)C3)C4)ccc1N2c1ccc(C23CC4CC(CC(C4)C2)C3)cc1. The molecule has 11 aliphatic rings. The lowest BCUT2D eigenvalue weighted by molar-refractivity contribution is -0.00528. The second-order valence-electron chi connectivity index (χ2n) is 32.1. The third-order valence-electron chi connectivity index (χ3n) is 25.1. The minimum Gasteiger partial charge on any atom is -0.311 e. The van der Waals surface area contributed by atoms with Crippen LogP contribution in [-0.2, 0) is 21.7 Å². The number of aromatic nitrogens is 2. The molecule has 23 rings (SSSR count). The van der Waals surface area contributed by atoms with E-state index >= 15 is 0 Å². The summed E-state index contributed by atoms with van der Waals surface area (Å²) in [5.41, 5.74) is 25.3. The van der Waals surface area contributed by atoms with Gasteiger partial charge in [-0.2, -0.15) is 0 Å². The van der Waals surface area contributed by atoms with E-state index < -0.39 is 0 Å². The number of hydrogen-bond donors (Lipinski definition) is 0. The Morgan fingerprint density at radius 3 is 1.50 bits per heavy atom. The fourth-order valence-corrected chi connectivity index (χ4v) is 22.3. The van der Waals surface area contributed by atoms with Gasteiger partial charge in [0.2, 0.25) is 0 Å². The zero-order chi connectivity index (χ0) is 56.8. The van der Waals surface area contributed by atoms with Crippen molar-refractivity contribution in [2.45, 2.75) is 140 Å². The van der Waals surface area contributed by atoms with E-state index in [-0.39, 0.29) is 23.0 Å². The highest BCUT2D eigenvalue weighted by Crippen LogP contribution is 2.63. The van der Waals surface area contributed by atoms with Crippen LogP contribution < -0.4 is 21.3 Å². The lowest BCUT2D eigenvalue weighted by atomic mass is 9.33. The van der Waals surface area contributed by atoms with Crippen LogP contribution >= 0.6 is 0 Å². The molecule has 3 nitrogen and oxygen atoms in total. The Kier molecular flexibility index (Phi) is 9.00. The van der Waals surface area contributed by atoms with Gasteiger partial charge in [0.1, 0.15) is 0 Å². The summed E-state index contributed by atoms with van der Waals surface area (Å²) in [7, 11) is 0. The zero-order valence-corrected chi connectivity index (χ0v) is 50.9. The molecule has 0 atom stereocenters. The van der Waals surface area contributed by atoms with Crippen molar-refractivity contribution in [3.8, 4) is 22.5 Å². The molecule has 0 amide bonds. The molecule has 0 unspecified atom stereocenters. The van der Waals surface area contributed by atoms with E-state index in [0.717, 1.165) is 35.5 Å². The van der Waals surface area contributed by atoms with Gasteiger partial charge in [0.15, 0.2) is 0 Å². The maximum Gasteiger partial charge on any atom is 0.252 e. The first-order valence-corrected chi connectivity index (χ1v) is 33.4. The van der Waals surface area contributed by atoms with Gasteiger partial charge < -0.3 is 14.0 Å². The second-order valence-corrected chi connectivity index (χ2v) is 32.1. The molecule has 8 saturated carbocycles. The highest BCUT2D eigenvalue weighted by atomic mass is 15.2. The molecule has 10 aromatic carbocycles. The summed E-state index contributed by atoms with van der Waals surface area (Å²) >= 11 is 0. The van der Waals surface area contributed by atoms with Crippen molar-refractivity contribution in [1.29, 1.82) is 0 Å². The first-order chi connectivity index (χ1) is 41.7. The number of anilines is 3. The molecule has 0 radical (unpaired) electrons. The monoisotopic (exact) mass is 1110 g/mol. The maximum absolute atomic E-state index is 2.83. The van der Waals surface area contributed by atoms with Crippen LogP contribution in [0.5, 0.6) is 0 Å². The van der Waals surface area contributed by atoms with Crippen molar-refractivity contribution in [2.75, 3.05) is 4.90 Å². The van der Waals surface area contributed by atoms with Crippen LogP contribution in [0, 0.1) is 35.5 Å². The van der Waals surface area contributed by atoms with Crippen molar-refractivity contribution < 1.29 is 0 Å². The Hall–Kier alpha value is -7.56. The molecule has 2 aliphatic heterocycles. The molecule has 8 fully saturated rings. The quantitative estimate of drug-likeness (QED) is 0.126. The van der Waals surface area contributed by atoms with E-state index in [9.17, 15) is 0 Å². The second kappa shape index (κ2) is 16.0. The first-order valence-electron chi connectivity index (χ1n) is 33.4. The van der Waals surface area contributed by atoms with Crippen LogP contribution in [0.1, 0.15) is 141 Å². The van der Waals surface area contributed by atoms with Crippen LogP contribution in [0.25, 0.3) is 98.4 Å². The number of nitrogens with zero attached hydrogens (tertiary/aromatic N) is 3. The zero-order valence-electron chi connectivity index (χ0n) is 50.9. The highest BCUT2D eigenvalue weighted by molar-refractivity contribution is 7.00. The predicted molar refractivity (Wildman–Crippen MR) is 363 cm³/mol. The molecule has 4 heteroatoms. The molecule has 12 aromatic rings. The van der Waals surface area contributed by atoms with Gasteiger partial charge in [-0.1, -0.05) is 139 Å². The number of benzene rings is 10. The summed E-state index contributed by atoms with van der Waals surface area (Å²) in [5.74, 6) is 5.33. The van der Waals surface area contributed by atoms with Crippen molar-refractivity contribution >= 4 is 116 Å². The summed E-state index contributed by atoms with van der Waals surface area (Å²) in [6, 6.07) is 65.1. The van der Waals surface area contributed by atoms with E-state index in [0.29, 0.717) is 5.41 Å². The van der Waals surface area contributed by atoms with Gasteiger partial charge in [0, 0.05) is 55.2 Å². The van der Waals surface area contributed by atoms with E-state index in [1.165, 1.54) is 220 Å². The van der Waals surface area contributed by atoms with Crippen LogP contribution in [-0.4, -0.2) is 15.8 Å². The van der Waals surface area contributed by atoms with E-state index in [2.05, 4.69) is 213 Å². The lowest BCUT2D eigenvalue weighted by Crippen LogP contribution is -2.61. The van der Waals surface area contributed by atoms with Crippen molar-refractivity contribution in [3.63, 3.8) is 0 Å². The summed E-state index contributed by atoms with van der Waals surface area (Å²) in [6.45, 7) is 14.5. The topological polar surface area (TPSA) is 13.1 Å². The molecule has 0 spiro atoms. The molecule has 86 heavy (non-hydrogen) atoms. The Bertz CT molecular complexity index is 5030. The highest BCUT2D eigenvalue weighted by Gasteiger charge is 2.54. The number of fused-ring (bicyclic) bond motifs is 8. The molecule has 4 heterocycles. The standard InChI is InChI=1S/C82H74BN3/c1-79(2,3)55-19-25-66-62(33-55)63-34-57(80(4,5)6)36-65-78(63)86(66)71-38-59(85-68-23-15-52-10-8-12-61-60-11-7-9-51-13-14-53-16-24-69(85)76(74(53)72(51)60)75(68)73(52)61)37-70-77(71)83(65)64-35-56(82-42-48-30-49(43-82)32-50(31-48)44-82)20-26-67(64)84(70)58-21-17-54(18-22-58)81-39-45-27-46(40-81)29-47(28-45)41-81/h7-26,33-38,45-50H,27-32,39-44H2,1-6H3. The maximum atomic E-state index is 2.83. The average Bonchev–Trinajstić information content (AvgIpc) is 1.40. The Balaban J connectivity index is 0.896. The van der Waals surface area contributed by atoms with Gasteiger partial charge in [0.05, 0.1) is 22.2 Å². The summed E-state index contributed by atoms with van der Waals surface area (Å²) in [4.78, 5) is 2.78. The van der Waals surface area contributed by atoms with Gasteiger partial charge in [0.25, 0.3) is 6.71 Å². The largest absolute Gasteiger partial charge is 0.311 e. The molecule has 0 N–H and O–H groups in total. The molecule has 0 saturated heterocycles. The normalized spacial score (nSPS) is 26.2. The summed E-state index contributed by atoms with van der Waals surface area (Å²) < 4.78 is 5.46. The molecular formula is C82H74BN3. The van der Waals surface area contributed by atoms with Gasteiger partial charge in [-0.3, -0.25) is 0 Å². The van der Waals surface area contributed by atoms with Crippen molar-refractivity contribution in [3.05, 3.63) is 180 Å². The molecular weight excluding hydrogens is 1040 g/mol. The van der Waals surface area contributed by atoms with Crippen LogP contribution in [0.3, 0.4) is 0 Å². The summed E-state index contributed by atoms with van der Waals surface area (Å²) in [5, 5.41) is 13.5. The van der Waals surface area contributed by atoms with Gasteiger partial charge in [-0.15, -0.1) is 0 Å². The number of rotatable bonds is 4. The van der Waals surface area contributed by atoms with E-state index in [4.69, 9.17) is 0 Å². The Morgan fingerprint density at radius 1 is 0.384 bits per heavy atom. The van der Waals surface area contributed by atoms with Crippen LogP contribution in [0.15, 0.2) is 158 Å². The fraction of sp³-hybridized carbons (Fsp3) is 0.341. The molecule has 9 aliphatic carbocycles. The third-order valence-corrected chi connectivity index (χ3v) is 25.1. The van der Waals surface area contributed by atoms with E-state index in [1.807, 2.05) is 0 Å². The summed E-state index contributed by atoms with van der Waals surface area (Å²) in [6.07, 6.45) is 17.0. The first kappa shape index (κ1) is 48.5. The average molecular weight is 1110 g/mol. The van der Waals surface area contributed by atoms with Crippen LogP contribution in [0.4, 0.5) is 17.1 Å². The third kappa shape index (κ3) is 6.18. The minimum atomic E-state index is -0.0594. The Morgan fingerprint density at radius 2 is 0.895 bits per heavy atom. The van der Waals surface area contributed by atoms with Crippen molar-refractivity contribution in [2.24, 2.45) is 35.5 Å². The molecule has 420 valence electrons. The minimum absolute atomic E-state index is 0.00525. The fourth-order valence-electron chi connectivity index (χ4n) is 22.3. The lowest BCUT2D eigenvalue weighted by Gasteiger charge is -2.57. The van der Waals surface area contributed by atoms with E-state index in [1.54, 1.807) is 11.1 Å². The Labute approximate surface area is 505 Å². The number of hydrogen-bond acceptors (Lipinski definition) is 1. The van der Waals surface area contributed by atoms with Gasteiger partial charge >= 0.3 is 0 Å². The van der Waals surface area contributed by atoms with Gasteiger partial charge in [-0.05, 0) is 272 Å². The predicted octanol–water partition coefficient (Wildman–Crippen LogP) is 19.5. The molecule has 8 bridgehead atoms. The molecule has 2 aromatic heterocycles. The van der Waals surface area contributed by atoms with Crippen molar-refractivity contribution in [1.82, 2.24) is 9.13 Å².